The SMILES string of the molecule is Cc1cc(OCc2c(F)cccc2F)ccc1B(O)O. The number of hydrogen-bond acceptors (Lipinski definition) is 3. The van der Waals surface area contributed by atoms with E-state index in [0.29, 0.717) is 16.8 Å². The fraction of sp³-hybridized carbons (Fsp3) is 0.143. The van der Waals surface area contributed by atoms with Crippen molar-refractivity contribution in [2.45, 2.75) is 13.5 Å². The minimum Gasteiger partial charge on any atom is -0.489 e. The molecule has 2 aromatic carbocycles. The van der Waals surface area contributed by atoms with E-state index < -0.39 is 18.8 Å². The molecule has 0 aliphatic heterocycles. The first-order chi connectivity index (χ1) is 9.49. The molecule has 0 fully saturated rings. The summed E-state index contributed by atoms with van der Waals surface area (Å²) in [7, 11) is -1.56. The summed E-state index contributed by atoms with van der Waals surface area (Å²) in [5.41, 5.74) is 0.831. The van der Waals surface area contributed by atoms with E-state index in [1.54, 1.807) is 13.0 Å². The van der Waals surface area contributed by atoms with Gasteiger partial charge in [-0.2, -0.15) is 0 Å². The highest BCUT2D eigenvalue weighted by molar-refractivity contribution is 6.59. The molecule has 0 amide bonds. The fourth-order valence-electron chi connectivity index (χ4n) is 1.85. The van der Waals surface area contributed by atoms with E-state index in [1.165, 1.54) is 18.2 Å². The van der Waals surface area contributed by atoms with Gasteiger partial charge in [-0.3, -0.25) is 0 Å². The van der Waals surface area contributed by atoms with E-state index in [9.17, 15) is 8.78 Å². The Kier molecular flexibility index (Phi) is 4.37. The van der Waals surface area contributed by atoms with Gasteiger partial charge in [0.25, 0.3) is 0 Å². The molecule has 0 saturated heterocycles. The molecule has 0 saturated carbocycles. The summed E-state index contributed by atoms with van der Waals surface area (Å²) < 4.78 is 32.2. The number of aryl methyl sites for hydroxylation is 1. The van der Waals surface area contributed by atoms with Crippen LogP contribution < -0.4 is 10.2 Å². The molecule has 2 rings (SSSR count). The maximum absolute atomic E-state index is 13.4. The number of rotatable bonds is 4. The van der Waals surface area contributed by atoms with E-state index >= 15 is 0 Å². The smallest absolute Gasteiger partial charge is 0.488 e. The van der Waals surface area contributed by atoms with Crippen molar-refractivity contribution in [3.05, 3.63) is 59.2 Å². The zero-order valence-corrected chi connectivity index (χ0v) is 10.8. The Bertz CT molecular complexity index is 597. The van der Waals surface area contributed by atoms with Crippen molar-refractivity contribution in [2.24, 2.45) is 0 Å². The molecule has 0 spiro atoms. The molecule has 3 nitrogen and oxygen atoms in total. The predicted octanol–water partition coefficient (Wildman–Crippen LogP) is 1.53. The van der Waals surface area contributed by atoms with Gasteiger partial charge in [0, 0.05) is 0 Å². The number of ether oxygens (including phenoxy) is 1. The summed E-state index contributed by atoms with van der Waals surface area (Å²) in [5, 5.41) is 18.2. The monoisotopic (exact) mass is 278 g/mol. The lowest BCUT2D eigenvalue weighted by molar-refractivity contribution is 0.292. The van der Waals surface area contributed by atoms with Gasteiger partial charge in [0.2, 0.25) is 0 Å². The Labute approximate surface area is 115 Å². The van der Waals surface area contributed by atoms with Crippen LogP contribution in [0.1, 0.15) is 11.1 Å². The third-order valence-electron chi connectivity index (χ3n) is 2.96. The van der Waals surface area contributed by atoms with Crippen LogP contribution >= 0.6 is 0 Å². The van der Waals surface area contributed by atoms with Crippen LogP contribution in [0.25, 0.3) is 0 Å². The summed E-state index contributed by atoms with van der Waals surface area (Å²) >= 11 is 0. The van der Waals surface area contributed by atoms with Gasteiger partial charge in [-0.15, -0.1) is 0 Å². The Morgan fingerprint density at radius 1 is 1.10 bits per heavy atom. The second-order valence-electron chi connectivity index (χ2n) is 4.38. The minimum absolute atomic E-state index is 0.142. The van der Waals surface area contributed by atoms with Crippen LogP contribution in [-0.4, -0.2) is 17.2 Å². The third-order valence-corrected chi connectivity index (χ3v) is 2.96. The fourth-order valence-corrected chi connectivity index (χ4v) is 1.85. The predicted molar refractivity (Wildman–Crippen MR) is 71.7 cm³/mol. The van der Waals surface area contributed by atoms with Crippen LogP contribution in [-0.2, 0) is 6.61 Å². The van der Waals surface area contributed by atoms with Crippen molar-refractivity contribution in [1.29, 1.82) is 0 Å². The second kappa shape index (κ2) is 6.03. The van der Waals surface area contributed by atoms with Crippen molar-refractivity contribution in [3.63, 3.8) is 0 Å². The maximum Gasteiger partial charge on any atom is 0.488 e. The van der Waals surface area contributed by atoms with Gasteiger partial charge in [-0.05, 0) is 42.2 Å². The molecule has 104 valence electrons. The van der Waals surface area contributed by atoms with Crippen molar-refractivity contribution >= 4 is 12.6 Å². The van der Waals surface area contributed by atoms with Crippen LogP contribution in [0, 0.1) is 18.6 Å². The molecule has 0 unspecified atom stereocenters. The average Bonchev–Trinajstić information content (AvgIpc) is 2.37. The highest BCUT2D eigenvalue weighted by Crippen LogP contribution is 2.17. The van der Waals surface area contributed by atoms with Gasteiger partial charge in [0.05, 0.1) is 5.56 Å². The van der Waals surface area contributed by atoms with E-state index in [4.69, 9.17) is 14.8 Å². The van der Waals surface area contributed by atoms with Gasteiger partial charge >= 0.3 is 7.12 Å². The first kappa shape index (κ1) is 14.5. The lowest BCUT2D eigenvalue weighted by Crippen LogP contribution is -2.31. The lowest BCUT2D eigenvalue weighted by Gasteiger charge is -2.10. The first-order valence-corrected chi connectivity index (χ1v) is 6.01. The maximum atomic E-state index is 13.4. The summed E-state index contributed by atoms with van der Waals surface area (Å²) in [6.07, 6.45) is 0. The van der Waals surface area contributed by atoms with Crippen molar-refractivity contribution in [2.75, 3.05) is 0 Å². The van der Waals surface area contributed by atoms with Gasteiger partial charge < -0.3 is 14.8 Å². The zero-order chi connectivity index (χ0) is 14.7. The summed E-state index contributed by atoms with van der Waals surface area (Å²) in [5.74, 6) is -0.928. The Morgan fingerprint density at radius 2 is 1.75 bits per heavy atom. The van der Waals surface area contributed by atoms with Gasteiger partial charge in [-0.1, -0.05) is 12.1 Å². The largest absolute Gasteiger partial charge is 0.489 e. The van der Waals surface area contributed by atoms with Gasteiger partial charge in [0.15, 0.2) is 0 Å². The molecular formula is C14H13BF2O3. The van der Waals surface area contributed by atoms with Crippen LogP contribution in [0.15, 0.2) is 36.4 Å². The Morgan fingerprint density at radius 3 is 2.30 bits per heavy atom. The summed E-state index contributed by atoms with van der Waals surface area (Å²) in [4.78, 5) is 0. The van der Waals surface area contributed by atoms with Crippen LogP contribution in [0.2, 0.25) is 0 Å². The lowest BCUT2D eigenvalue weighted by atomic mass is 9.77. The third kappa shape index (κ3) is 3.15. The molecule has 0 aromatic heterocycles. The van der Waals surface area contributed by atoms with E-state index in [0.717, 1.165) is 12.1 Å². The topological polar surface area (TPSA) is 49.7 Å². The average molecular weight is 278 g/mol. The molecule has 2 aromatic rings. The summed E-state index contributed by atoms with van der Waals surface area (Å²) in [6.45, 7) is 1.45. The van der Waals surface area contributed by atoms with Crippen molar-refractivity contribution in [1.82, 2.24) is 0 Å². The highest BCUT2D eigenvalue weighted by Gasteiger charge is 2.14. The summed E-state index contributed by atoms with van der Waals surface area (Å²) in [6, 6.07) is 8.20. The quantitative estimate of drug-likeness (QED) is 0.834. The highest BCUT2D eigenvalue weighted by atomic mass is 19.1. The molecule has 0 heterocycles. The molecule has 0 bridgehead atoms. The molecule has 20 heavy (non-hydrogen) atoms. The molecular weight excluding hydrogens is 265 g/mol. The van der Waals surface area contributed by atoms with E-state index in [-0.39, 0.29) is 12.2 Å². The molecule has 6 heteroatoms. The molecule has 0 aliphatic rings. The van der Waals surface area contributed by atoms with E-state index in [2.05, 4.69) is 0 Å². The van der Waals surface area contributed by atoms with Crippen molar-refractivity contribution < 1.29 is 23.6 Å². The van der Waals surface area contributed by atoms with Crippen molar-refractivity contribution in [3.8, 4) is 5.75 Å². The van der Waals surface area contributed by atoms with Crippen LogP contribution in [0.3, 0.4) is 0 Å². The minimum atomic E-state index is -1.56. The Hall–Kier alpha value is -1.92. The standard InChI is InChI=1S/C14H13BF2O3/c1-9-7-10(5-6-12(9)15(18)19)20-8-11-13(16)3-2-4-14(11)17/h2-7,18-19H,8H2,1H3. The molecule has 0 atom stereocenters. The number of benzene rings is 2. The van der Waals surface area contributed by atoms with E-state index in [1.807, 2.05) is 0 Å². The molecule has 2 N–H and O–H groups in total. The number of halogens is 2. The second-order valence-corrected chi connectivity index (χ2v) is 4.38. The zero-order valence-electron chi connectivity index (χ0n) is 10.8. The van der Waals surface area contributed by atoms with Gasteiger partial charge in [-0.25, -0.2) is 8.78 Å². The van der Waals surface area contributed by atoms with Crippen LogP contribution in [0.4, 0.5) is 8.78 Å². The van der Waals surface area contributed by atoms with Crippen LogP contribution in [0.5, 0.6) is 5.75 Å². The normalized spacial score (nSPS) is 10.4. The molecule has 0 aliphatic carbocycles. The first-order valence-electron chi connectivity index (χ1n) is 6.01. The van der Waals surface area contributed by atoms with Gasteiger partial charge in [0.1, 0.15) is 24.0 Å². The Balaban J connectivity index is 2.14. The number of hydrogen-bond donors (Lipinski definition) is 2. The molecule has 0 radical (unpaired) electrons.